The molecule has 0 fully saturated rings. The molecule has 0 aliphatic rings. The molecule has 2 aromatic rings. The summed E-state index contributed by atoms with van der Waals surface area (Å²) in [4.78, 5) is 0. The Labute approximate surface area is 132 Å². The Morgan fingerprint density at radius 2 is 2.05 bits per heavy atom. The number of nitrogens with one attached hydrogen (secondary N) is 1. The van der Waals surface area contributed by atoms with Gasteiger partial charge in [0.15, 0.2) is 0 Å². The Morgan fingerprint density at radius 3 is 2.62 bits per heavy atom. The van der Waals surface area contributed by atoms with Gasteiger partial charge >= 0.3 is 0 Å². The average molecular weight is 309 g/mol. The molecule has 1 N–H and O–H groups in total. The lowest BCUT2D eigenvalue weighted by molar-refractivity contribution is 0.416. The van der Waals surface area contributed by atoms with Crippen LogP contribution in [0.3, 0.4) is 0 Å². The molecule has 0 saturated heterocycles. The predicted molar refractivity (Wildman–Crippen MR) is 87.7 cm³/mol. The standard InChI is InChI=1S/C16H25ClN4/c1-6-13-15(17)14(20(5)19-13)11-21-9-7-8-12(21)10-18-16(2,3)4/h7-9,18H,6,10-11H2,1-5H3. The van der Waals surface area contributed by atoms with Crippen molar-refractivity contribution in [2.45, 2.75) is 52.7 Å². The lowest BCUT2D eigenvalue weighted by Gasteiger charge is -2.21. The van der Waals surface area contributed by atoms with E-state index in [1.165, 1.54) is 5.69 Å². The third-order valence-corrected chi connectivity index (χ3v) is 3.98. The van der Waals surface area contributed by atoms with E-state index in [1.807, 2.05) is 11.7 Å². The van der Waals surface area contributed by atoms with Crippen molar-refractivity contribution in [3.8, 4) is 0 Å². The van der Waals surface area contributed by atoms with E-state index in [0.29, 0.717) is 0 Å². The van der Waals surface area contributed by atoms with Crippen LogP contribution in [-0.4, -0.2) is 19.9 Å². The van der Waals surface area contributed by atoms with E-state index in [2.05, 4.69) is 61.0 Å². The number of nitrogens with zero attached hydrogens (tertiary/aromatic N) is 3. The number of hydrogen-bond donors (Lipinski definition) is 1. The lowest BCUT2D eigenvalue weighted by atomic mass is 10.1. The third-order valence-electron chi connectivity index (χ3n) is 3.55. The van der Waals surface area contributed by atoms with Crippen molar-refractivity contribution >= 4 is 11.6 Å². The molecule has 2 rings (SSSR count). The minimum absolute atomic E-state index is 0.106. The average Bonchev–Trinajstić information content (AvgIpc) is 2.95. The summed E-state index contributed by atoms with van der Waals surface area (Å²) < 4.78 is 4.11. The zero-order valence-electron chi connectivity index (χ0n) is 13.6. The minimum Gasteiger partial charge on any atom is -0.344 e. The highest BCUT2D eigenvalue weighted by molar-refractivity contribution is 6.31. The van der Waals surface area contributed by atoms with Crippen molar-refractivity contribution in [3.05, 3.63) is 40.4 Å². The van der Waals surface area contributed by atoms with Crippen LogP contribution in [0.15, 0.2) is 18.3 Å². The summed E-state index contributed by atoms with van der Waals surface area (Å²) in [7, 11) is 1.96. The first-order chi connectivity index (χ1) is 9.81. The van der Waals surface area contributed by atoms with Crippen LogP contribution < -0.4 is 5.32 Å². The quantitative estimate of drug-likeness (QED) is 0.919. The van der Waals surface area contributed by atoms with Gasteiger partial charge in [-0.05, 0) is 39.3 Å². The molecule has 116 valence electrons. The lowest BCUT2D eigenvalue weighted by Crippen LogP contribution is -2.35. The summed E-state index contributed by atoms with van der Waals surface area (Å²) >= 11 is 6.44. The molecule has 4 nitrogen and oxygen atoms in total. The van der Waals surface area contributed by atoms with Crippen molar-refractivity contribution in [1.82, 2.24) is 19.7 Å². The topological polar surface area (TPSA) is 34.8 Å². The number of halogens is 1. The number of aryl methyl sites for hydroxylation is 2. The molecule has 2 aromatic heterocycles. The fourth-order valence-electron chi connectivity index (χ4n) is 2.27. The second kappa shape index (κ2) is 6.24. The maximum Gasteiger partial charge on any atom is 0.0868 e. The first-order valence-electron chi connectivity index (χ1n) is 7.41. The molecular formula is C16H25ClN4. The van der Waals surface area contributed by atoms with Crippen molar-refractivity contribution in [2.24, 2.45) is 7.05 Å². The monoisotopic (exact) mass is 308 g/mol. The molecule has 21 heavy (non-hydrogen) atoms. The third kappa shape index (κ3) is 3.89. The van der Waals surface area contributed by atoms with Gasteiger partial charge in [-0.2, -0.15) is 5.10 Å². The summed E-state index contributed by atoms with van der Waals surface area (Å²) in [6, 6.07) is 4.22. The zero-order chi connectivity index (χ0) is 15.6. The summed E-state index contributed by atoms with van der Waals surface area (Å²) in [5, 5.41) is 8.79. The Kier molecular flexibility index (Phi) is 4.79. The van der Waals surface area contributed by atoms with E-state index < -0.39 is 0 Å². The molecular weight excluding hydrogens is 284 g/mol. The van der Waals surface area contributed by atoms with Crippen LogP contribution in [0.25, 0.3) is 0 Å². The van der Waals surface area contributed by atoms with Crippen molar-refractivity contribution in [1.29, 1.82) is 0 Å². The van der Waals surface area contributed by atoms with Crippen molar-refractivity contribution < 1.29 is 0 Å². The van der Waals surface area contributed by atoms with Gasteiger partial charge in [0.25, 0.3) is 0 Å². The van der Waals surface area contributed by atoms with Crippen molar-refractivity contribution in [2.75, 3.05) is 0 Å². The molecule has 0 saturated carbocycles. The molecule has 0 atom stereocenters. The van der Waals surface area contributed by atoms with Crippen molar-refractivity contribution in [3.63, 3.8) is 0 Å². The number of hydrogen-bond acceptors (Lipinski definition) is 2. The Bertz CT molecular complexity index is 604. The Morgan fingerprint density at radius 1 is 1.33 bits per heavy atom. The Balaban J connectivity index is 2.18. The second-order valence-electron chi connectivity index (χ2n) is 6.42. The van der Waals surface area contributed by atoms with Crippen LogP contribution in [-0.2, 0) is 26.6 Å². The normalized spacial score (nSPS) is 12.1. The van der Waals surface area contributed by atoms with E-state index in [4.69, 9.17) is 11.6 Å². The van der Waals surface area contributed by atoms with Gasteiger partial charge in [0, 0.05) is 31.0 Å². The molecule has 0 radical (unpaired) electrons. The fourth-order valence-corrected chi connectivity index (χ4v) is 2.63. The molecule has 0 bridgehead atoms. The van der Waals surface area contributed by atoms with Gasteiger partial charge in [0.05, 0.1) is 23.0 Å². The summed E-state index contributed by atoms with van der Waals surface area (Å²) in [5.41, 5.74) is 3.38. The van der Waals surface area contributed by atoms with E-state index >= 15 is 0 Å². The molecule has 5 heteroatoms. The van der Waals surface area contributed by atoms with E-state index in [-0.39, 0.29) is 5.54 Å². The summed E-state index contributed by atoms with van der Waals surface area (Å²) in [6.45, 7) is 10.2. The van der Waals surface area contributed by atoms with Crippen LogP contribution in [0, 0.1) is 0 Å². The maximum absolute atomic E-state index is 6.44. The summed E-state index contributed by atoms with van der Waals surface area (Å²) in [6.07, 6.45) is 2.95. The smallest absolute Gasteiger partial charge is 0.0868 e. The van der Waals surface area contributed by atoms with Crippen LogP contribution in [0.4, 0.5) is 0 Å². The van der Waals surface area contributed by atoms with E-state index in [0.717, 1.165) is 35.9 Å². The first kappa shape index (κ1) is 16.1. The molecule has 0 aliphatic carbocycles. The highest BCUT2D eigenvalue weighted by Crippen LogP contribution is 2.22. The summed E-state index contributed by atoms with van der Waals surface area (Å²) in [5.74, 6) is 0. The maximum atomic E-state index is 6.44. The van der Waals surface area contributed by atoms with E-state index in [1.54, 1.807) is 0 Å². The van der Waals surface area contributed by atoms with Crippen LogP contribution >= 0.6 is 11.6 Å². The predicted octanol–water partition coefficient (Wildman–Crippen LogP) is 3.37. The van der Waals surface area contributed by atoms with Gasteiger partial charge < -0.3 is 9.88 Å². The molecule has 0 unspecified atom stereocenters. The molecule has 0 spiro atoms. The van der Waals surface area contributed by atoms with Crippen LogP contribution in [0.1, 0.15) is 44.8 Å². The highest BCUT2D eigenvalue weighted by Gasteiger charge is 2.15. The largest absolute Gasteiger partial charge is 0.344 e. The molecule has 0 aliphatic heterocycles. The number of rotatable bonds is 5. The van der Waals surface area contributed by atoms with Gasteiger partial charge in [0.1, 0.15) is 0 Å². The van der Waals surface area contributed by atoms with Gasteiger partial charge in [-0.3, -0.25) is 4.68 Å². The molecule has 0 amide bonds. The Hall–Kier alpha value is -1.26. The SMILES string of the molecule is CCc1nn(C)c(Cn2cccc2CNC(C)(C)C)c1Cl. The van der Waals surface area contributed by atoms with Gasteiger partial charge in [-0.15, -0.1) is 0 Å². The molecule has 0 aromatic carbocycles. The first-order valence-corrected chi connectivity index (χ1v) is 7.79. The van der Waals surface area contributed by atoms with Gasteiger partial charge in [-0.1, -0.05) is 18.5 Å². The fraction of sp³-hybridized carbons (Fsp3) is 0.562. The zero-order valence-corrected chi connectivity index (χ0v) is 14.3. The second-order valence-corrected chi connectivity index (χ2v) is 6.79. The highest BCUT2D eigenvalue weighted by atomic mass is 35.5. The number of aromatic nitrogens is 3. The van der Waals surface area contributed by atoms with Gasteiger partial charge in [-0.25, -0.2) is 0 Å². The van der Waals surface area contributed by atoms with Crippen LogP contribution in [0.5, 0.6) is 0 Å². The molecule has 2 heterocycles. The minimum atomic E-state index is 0.106. The van der Waals surface area contributed by atoms with Gasteiger partial charge in [0.2, 0.25) is 0 Å². The van der Waals surface area contributed by atoms with Crippen LogP contribution in [0.2, 0.25) is 5.02 Å². The van der Waals surface area contributed by atoms with E-state index in [9.17, 15) is 0 Å².